The average molecular weight is 427 g/mol. The Morgan fingerprint density at radius 1 is 1.10 bits per heavy atom. The van der Waals surface area contributed by atoms with Crippen molar-refractivity contribution in [2.75, 3.05) is 0 Å². The highest BCUT2D eigenvalue weighted by molar-refractivity contribution is 7.98. The molecule has 146 valence electrons. The van der Waals surface area contributed by atoms with E-state index in [1.165, 1.54) is 17.8 Å². The molecule has 9 heteroatoms. The van der Waals surface area contributed by atoms with Crippen molar-refractivity contribution in [2.24, 2.45) is 0 Å². The summed E-state index contributed by atoms with van der Waals surface area (Å²) in [7, 11) is 0. The van der Waals surface area contributed by atoms with Gasteiger partial charge in [-0.15, -0.1) is 10.2 Å². The highest BCUT2D eigenvalue weighted by Crippen LogP contribution is 2.29. The molecule has 0 aliphatic heterocycles. The summed E-state index contributed by atoms with van der Waals surface area (Å²) < 4.78 is 7.46. The number of hydrogen-bond acceptors (Lipinski definition) is 6. The molecule has 0 radical (unpaired) electrons. The predicted molar refractivity (Wildman–Crippen MR) is 111 cm³/mol. The minimum Gasteiger partial charge on any atom is -0.467 e. The molecule has 0 aliphatic rings. The van der Waals surface area contributed by atoms with Gasteiger partial charge in [0.1, 0.15) is 5.76 Å². The molecule has 2 aromatic carbocycles. The number of nitro groups is 1. The molecule has 0 bridgehead atoms. The lowest BCUT2D eigenvalue weighted by Crippen LogP contribution is -2.03. The standard InChI is InChI=1S/C20H15ClN4O3S/c21-16-8-6-15(7-9-16)19-22-23-20(24(19)12-18-5-2-10-28-18)29-13-14-3-1-4-17(11-14)25(26)27/h1-11H,12-13H2. The summed E-state index contributed by atoms with van der Waals surface area (Å²) in [4.78, 5) is 10.6. The number of hydrogen-bond donors (Lipinski definition) is 0. The second-order valence-electron chi connectivity index (χ2n) is 6.19. The van der Waals surface area contributed by atoms with E-state index in [0.717, 1.165) is 16.9 Å². The van der Waals surface area contributed by atoms with E-state index in [1.54, 1.807) is 30.5 Å². The van der Waals surface area contributed by atoms with E-state index in [4.69, 9.17) is 16.0 Å². The number of aromatic nitrogens is 3. The van der Waals surface area contributed by atoms with Gasteiger partial charge in [-0.2, -0.15) is 0 Å². The Balaban J connectivity index is 1.63. The van der Waals surface area contributed by atoms with Crippen molar-refractivity contribution in [3.8, 4) is 11.4 Å². The van der Waals surface area contributed by atoms with Crippen LogP contribution in [0.1, 0.15) is 11.3 Å². The Kier molecular flexibility index (Phi) is 5.64. The minimum absolute atomic E-state index is 0.0713. The molecule has 2 heterocycles. The van der Waals surface area contributed by atoms with E-state index in [2.05, 4.69) is 10.2 Å². The van der Waals surface area contributed by atoms with Gasteiger partial charge < -0.3 is 4.42 Å². The highest BCUT2D eigenvalue weighted by Gasteiger charge is 2.16. The average Bonchev–Trinajstić information content (AvgIpc) is 3.38. The quantitative estimate of drug-likeness (QED) is 0.222. The van der Waals surface area contributed by atoms with E-state index in [-0.39, 0.29) is 5.69 Å². The van der Waals surface area contributed by atoms with Crippen LogP contribution in [0.5, 0.6) is 0 Å². The Labute approximate surface area is 175 Å². The molecule has 0 N–H and O–H groups in total. The van der Waals surface area contributed by atoms with Crippen molar-refractivity contribution >= 4 is 29.1 Å². The van der Waals surface area contributed by atoms with Gasteiger partial charge in [0, 0.05) is 28.5 Å². The first-order chi connectivity index (χ1) is 14.1. The smallest absolute Gasteiger partial charge is 0.269 e. The van der Waals surface area contributed by atoms with Gasteiger partial charge >= 0.3 is 0 Å². The first-order valence-electron chi connectivity index (χ1n) is 8.68. The van der Waals surface area contributed by atoms with Crippen LogP contribution in [0.4, 0.5) is 5.69 Å². The van der Waals surface area contributed by atoms with Crippen LogP contribution < -0.4 is 0 Å². The molecule has 0 unspecified atom stereocenters. The molecule has 0 saturated carbocycles. The first kappa shape index (κ1) is 19.2. The summed E-state index contributed by atoms with van der Waals surface area (Å²) in [5, 5.41) is 21.0. The van der Waals surface area contributed by atoms with Crippen molar-refractivity contribution in [2.45, 2.75) is 17.5 Å². The first-order valence-corrected chi connectivity index (χ1v) is 10.0. The van der Waals surface area contributed by atoms with Crippen molar-refractivity contribution < 1.29 is 9.34 Å². The number of furan rings is 1. The molecule has 0 aliphatic carbocycles. The van der Waals surface area contributed by atoms with Gasteiger partial charge in [-0.05, 0) is 42.0 Å². The summed E-state index contributed by atoms with van der Waals surface area (Å²) >= 11 is 7.46. The van der Waals surface area contributed by atoms with Gasteiger partial charge in [-0.3, -0.25) is 14.7 Å². The fourth-order valence-electron chi connectivity index (χ4n) is 2.82. The SMILES string of the molecule is O=[N+]([O-])c1cccc(CSc2nnc(-c3ccc(Cl)cc3)n2Cc2ccco2)c1. The maximum atomic E-state index is 11.0. The predicted octanol–water partition coefficient (Wildman–Crippen LogP) is 5.44. The maximum absolute atomic E-state index is 11.0. The zero-order chi connectivity index (χ0) is 20.2. The summed E-state index contributed by atoms with van der Waals surface area (Å²) in [5.74, 6) is 2.00. The van der Waals surface area contributed by atoms with Crippen LogP contribution in [0.15, 0.2) is 76.5 Å². The molecular formula is C20H15ClN4O3S. The van der Waals surface area contributed by atoms with Crippen LogP contribution in [0.2, 0.25) is 5.02 Å². The van der Waals surface area contributed by atoms with E-state index < -0.39 is 4.92 Å². The molecule has 7 nitrogen and oxygen atoms in total. The summed E-state index contributed by atoms with van der Waals surface area (Å²) in [6.45, 7) is 0.467. The lowest BCUT2D eigenvalue weighted by Gasteiger charge is -2.09. The van der Waals surface area contributed by atoms with E-state index >= 15 is 0 Å². The van der Waals surface area contributed by atoms with Crippen LogP contribution in [0.3, 0.4) is 0 Å². The van der Waals surface area contributed by atoms with Gasteiger partial charge in [-0.1, -0.05) is 35.5 Å². The molecule has 0 spiro atoms. The summed E-state index contributed by atoms with van der Waals surface area (Å²) in [6, 6.07) is 17.7. The third-order valence-corrected chi connectivity index (χ3v) is 5.49. The van der Waals surface area contributed by atoms with E-state index in [9.17, 15) is 10.1 Å². The zero-order valence-corrected chi connectivity index (χ0v) is 16.6. The molecule has 2 aromatic heterocycles. The summed E-state index contributed by atoms with van der Waals surface area (Å²) in [5.41, 5.74) is 1.79. The molecule has 4 aromatic rings. The Morgan fingerprint density at radius 2 is 1.93 bits per heavy atom. The van der Waals surface area contributed by atoms with Crippen LogP contribution in [0, 0.1) is 10.1 Å². The van der Waals surface area contributed by atoms with E-state index in [1.807, 2.05) is 34.9 Å². The fraction of sp³-hybridized carbons (Fsp3) is 0.100. The normalized spacial score (nSPS) is 10.9. The number of rotatable bonds is 7. The lowest BCUT2D eigenvalue weighted by molar-refractivity contribution is -0.384. The lowest BCUT2D eigenvalue weighted by atomic mass is 10.2. The minimum atomic E-state index is -0.397. The number of benzene rings is 2. The third-order valence-electron chi connectivity index (χ3n) is 4.20. The molecule has 0 fully saturated rings. The Hall–Kier alpha value is -3.10. The van der Waals surface area contributed by atoms with Crippen molar-refractivity contribution in [1.82, 2.24) is 14.8 Å². The van der Waals surface area contributed by atoms with Crippen molar-refractivity contribution in [1.29, 1.82) is 0 Å². The zero-order valence-electron chi connectivity index (χ0n) is 15.1. The van der Waals surface area contributed by atoms with Gasteiger partial charge in [0.25, 0.3) is 5.69 Å². The number of nitrogens with zero attached hydrogens (tertiary/aromatic N) is 4. The fourth-order valence-corrected chi connectivity index (χ4v) is 3.82. The summed E-state index contributed by atoms with van der Waals surface area (Å²) in [6.07, 6.45) is 1.62. The number of thioether (sulfide) groups is 1. The molecule has 4 rings (SSSR count). The molecular weight excluding hydrogens is 412 g/mol. The Bertz CT molecular complexity index is 1130. The highest BCUT2D eigenvalue weighted by atomic mass is 35.5. The number of halogens is 1. The van der Waals surface area contributed by atoms with Gasteiger partial charge in [0.05, 0.1) is 17.7 Å². The van der Waals surface area contributed by atoms with Crippen LogP contribution in [-0.4, -0.2) is 19.7 Å². The van der Waals surface area contributed by atoms with Gasteiger partial charge in [-0.25, -0.2) is 0 Å². The van der Waals surface area contributed by atoms with Crippen LogP contribution >= 0.6 is 23.4 Å². The van der Waals surface area contributed by atoms with Crippen molar-refractivity contribution in [3.05, 3.63) is 93.4 Å². The monoisotopic (exact) mass is 426 g/mol. The topological polar surface area (TPSA) is 87.0 Å². The molecule has 0 atom stereocenters. The Morgan fingerprint density at radius 3 is 2.66 bits per heavy atom. The maximum Gasteiger partial charge on any atom is 0.269 e. The van der Waals surface area contributed by atoms with Gasteiger partial charge in [0.2, 0.25) is 0 Å². The van der Waals surface area contributed by atoms with Crippen LogP contribution in [-0.2, 0) is 12.3 Å². The molecule has 29 heavy (non-hydrogen) atoms. The molecule has 0 amide bonds. The second kappa shape index (κ2) is 8.50. The second-order valence-corrected chi connectivity index (χ2v) is 7.57. The van der Waals surface area contributed by atoms with E-state index in [0.29, 0.717) is 28.3 Å². The third kappa shape index (κ3) is 4.49. The number of nitro benzene ring substituents is 1. The van der Waals surface area contributed by atoms with Crippen molar-refractivity contribution in [3.63, 3.8) is 0 Å². The largest absolute Gasteiger partial charge is 0.467 e. The number of non-ortho nitro benzene ring substituents is 1. The van der Waals surface area contributed by atoms with Crippen LogP contribution in [0.25, 0.3) is 11.4 Å². The van der Waals surface area contributed by atoms with Gasteiger partial charge in [0.15, 0.2) is 11.0 Å². The molecule has 0 saturated heterocycles.